The van der Waals surface area contributed by atoms with Crippen molar-refractivity contribution in [3.05, 3.63) is 20.9 Å². The number of hydrogen-bond acceptors (Lipinski definition) is 2. The Morgan fingerprint density at radius 1 is 1.06 bits per heavy atom. The van der Waals surface area contributed by atoms with E-state index >= 15 is 0 Å². The lowest BCUT2D eigenvalue weighted by atomic mass is 10.1. The van der Waals surface area contributed by atoms with Crippen LogP contribution in [0, 0.1) is 0 Å². The third kappa shape index (κ3) is 1.89. The summed E-state index contributed by atoms with van der Waals surface area (Å²) in [6, 6.07) is 0. The Labute approximate surface area is 102 Å². The topological polar surface area (TPSA) is 12.0 Å². The van der Waals surface area contributed by atoms with Crippen LogP contribution in [0.25, 0.3) is 0 Å². The third-order valence-corrected chi connectivity index (χ3v) is 5.15. The molecule has 1 aromatic rings. The Hall–Kier alpha value is -0.550. The minimum absolute atomic E-state index is 0.255. The highest BCUT2D eigenvalue weighted by molar-refractivity contribution is 7.12. The number of halogens is 3. The summed E-state index contributed by atoms with van der Waals surface area (Å²) in [5.41, 5.74) is 2.25. The molecule has 1 aromatic heterocycles. The maximum Gasteiger partial charge on any atom is 0.396 e. The van der Waals surface area contributed by atoms with Crippen LogP contribution in [0.15, 0.2) is 0 Å². The van der Waals surface area contributed by atoms with Gasteiger partial charge in [-0.3, -0.25) is 0 Å². The van der Waals surface area contributed by atoms with Gasteiger partial charge in [0, 0.05) is 9.75 Å². The lowest BCUT2D eigenvalue weighted by molar-refractivity contribution is -0.149. The summed E-state index contributed by atoms with van der Waals surface area (Å²) in [5.74, 6) is -1.19. The van der Waals surface area contributed by atoms with E-state index in [0.29, 0.717) is 11.3 Å². The van der Waals surface area contributed by atoms with Gasteiger partial charge in [0.2, 0.25) is 0 Å². The van der Waals surface area contributed by atoms with Gasteiger partial charge in [0.1, 0.15) is 0 Å². The van der Waals surface area contributed by atoms with E-state index < -0.39 is 12.1 Å². The zero-order valence-electron chi connectivity index (χ0n) is 9.36. The molecule has 0 bridgehead atoms. The summed E-state index contributed by atoms with van der Waals surface area (Å²) >= 11 is 1.41. The second-order valence-corrected chi connectivity index (χ2v) is 5.87. The first-order chi connectivity index (χ1) is 8.07. The molecule has 0 amide bonds. The fraction of sp³-hybridized carbons (Fsp3) is 0.667. The van der Waals surface area contributed by atoms with Gasteiger partial charge in [-0.25, -0.2) is 0 Å². The van der Waals surface area contributed by atoms with Gasteiger partial charge >= 0.3 is 6.18 Å². The molecule has 3 rings (SSSR count). The smallest absolute Gasteiger partial charge is 0.316 e. The molecule has 0 aromatic carbocycles. The van der Waals surface area contributed by atoms with E-state index in [9.17, 15) is 13.2 Å². The van der Waals surface area contributed by atoms with Crippen LogP contribution in [-0.4, -0.2) is 19.3 Å². The summed E-state index contributed by atoms with van der Waals surface area (Å²) in [6.07, 6.45) is -1.41. The zero-order chi connectivity index (χ0) is 12.0. The van der Waals surface area contributed by atoms with Crippen LogP contribution < -0.4 is 5.32 Å². The first kappa shape index (κ1) is 11.5. The van der Waals surface area contributed by atoms with Gasteiger partial charge in [0.15, 0.2) is 0 Å². The molecule has 2 heterocycles. The fourth-order valence-corrected chi connectivity index (χ4v) is 4.45. The highest BCUT2D eigenvalue weighted by atomic mass is 32.1. The van der Waals surface area contributed by atoms with Gasteiger partial charge in [-0.15, -0.1) is 11.3 Å². The Morgan fingerprint density at radius 3 is 2.59 bits per heavy atom. The molecule has 1 aliphatic heterocycles. The minimum Gasteiger partial charge on any atom is -0.316 e. The van der Waals surface area contributed by atoms with Crippen molar-refractivity contribution < 1.29 is 13.2 Å². The van der Waals surface area contributed by atoms with Crippen molar-refractivity contribution in [2.24, 2.45) is 0 Å². The Bertz CT molecular complexity index is 436. The van der Waals surface area contributed by atoms with Crippen LogP contribution in [0.3, 0.4) is 0 Å². The molecule has 2 aliphatic rings. The fourth-order valence-electron chi connectivity index (χ4n) is 2.89. The second kappa shape index (κ2) is 3.99. The van der Waals surface area contributed by atoms with Crippen LogP contribution in [-0.2, 0) is 19.3 Å². The zero-order valence-corrected chi connectivity index (χ0v) is 10.2. The third-order valence-electron chi connectivity index (χ3n) is 3.71. The van der Waals surface area contributed by atoms with Crippen LogP contribution in [0.2, 0.25) is 0 Å². The number of fused-ring (bicyclic) bond motifs is 3. The van der Waals surface area contributed by atoms with E-state index in [4.69, 9.17) is 0 Å². The van der Waals surface area contributed by atoms with Crippen molar-refractivity contribution in [3.8, 4) is 0 Å². The number of rotatable bonds is 0. The molecule has 1 unspecified atom stereocenters. The number of alkyl halides is 3. The van der Waals surface area contributed by atoms with Crippen LogP contribution >= 0.6 is 11.3 Å². The quantitative estimate of drug-likeness (QED) is 0.757. The minimum atomic E-state index is -4.06. The van der Waals surface area contributed by atoms with Gasteiger partial charge in [-0.1, -0.05) is 0 Å². The van der Waals surface area contributed by atoms with Crippen molar-refractivity contribution in [3.63, 3.8) is 0 Å². The maximum atomic E-state index is 12.9. The highest BCUT2D eigenvalue weighted by Crippen LogP contribution is 2.49. The molecule has 94 valence electrons. The lowest BCUT2D eigenvalue weighted by Gasteiger charge is -2.13. The van der Waals surface area contributed by atoms with Gasteiger partial charge in [-0.05, 0) is 49.9 Å². The predicted octanol–water partition coefficient (Wildman–Crippen LogP) is 3.03. The molecule has 17 heavy (non-hydrogen) atoms. The molecule has 1 nitrogen and oxygen atoms in total. The molecular formula is C12H14F3NS. The molecule has 0 saturated carbocycles. The van der Waals surface area contributed by atoms with E-state index in [1.54, 1.807) is 0 Å². The summed E-state index contributed by atoms with van der Waals surface area (Å²) in [5, 5.41) is 3.30. The normalized spacial score (nSPS) is 24.3. The monoisotopic (exact) mass is 261 g/mol. The molecule has 1 N–H and O–H groups in total. The van der Waals surface area contributed by atoms with E-state index in [1.165, 1.54) is 21.8 Å². The largest absolute Gasteiger partial charge is 0.396 e. The molecular weight excluding hydrogens is 247 g/mol. The first-order valence-electron chi connectivity index (χ1n) is 5.98. The SMILES string of the molecule is FC(F)(F)C1CCc2c1sc1c2CCNCC1. The average molecular weight is 261 g/mol. The summed E-state index contributed by atoms with van der Waals surface area (Å²) in [4.78, 5) is 1.80. The van der Waals surface area contributed by atoms with Gasteiger partial charge < -0.3 is 5.32 Å². The number of thiophene rings is 1. The molecule has 5 heteroatoms. The van der Waals surface area contributed by atoms with Crippen molar-refractivity contribution in [1.82, 2.24) is 5.32 Å². The van der Waals surface area contributed by atoms with Gasteiger partial charge in [0.25, 0.3) is 0 Å². The Kier molecular flexibility index (Phi) is 2.70. The summed E-state index contributed by atoms with van der Waals surface area (Å²) < 4.78 is 38.6. The molecule has 0 fully saturated rings. The van der Waals surface area contributed by atoms with Crippen molar-refractivity contribution in [1.29, 1.82) is 0 Å². The molecule has 1 aliphatic carbocycles. The highest BCUT2D eigenvalue weighted by Gasteiger charge is 2.46. The van der Waals surface area contributed by atoms with Gasteiger partial charge in [0.05, 0.1) is 5.92 Å². The van der Waals surface area contributed by atoms with Crippen molar-refractivity contribution in [2.75, 3.05) is 13.1 Å². The first-order valence-corrected chi connectivity index (χ1v) is 6.80. The second-order valence-electron chi connectivity index (χ2n) is 4.73. The van der Waals surface area contributed by atoms with Crippen molar-refractivity contribution >= 4 is 11.3 Å². The molecule has 0 spiro atoms. The maximum absolute atomic E-state index is 12.9. The van der Waals surface area contributed by atoms with Crippen LogP contribution in [0.5, 0.6) is 0 Å². The Morgan fingerprint density at radius 2 is 1.82 bits per heavy atom. The van der Waals surface area contributed by atoms with E-state index in [-0.39, 0.29) is 6.42 Å². The average Bonchev–Trinajstić information content (AvgIpc) is 2.69. The van der Waals surface area contributed by atoms with E-state index in [2.05, 4.69) is 5.32 Å². The lowest BCUT2D eigenvalue weighted by Crippen LogP contribution is -2.18. The number of nitrogens with one attached hydrogen (secondary N) is 1. The molecule has 1 atom stereocenters. The standard InChI is InChI=1S/C12H14F3NS/c13-12(14,15)9-2-1-8-7-3-5-16-6-4-10(7)17-11(8)9/h9,16H,1-6H2. The predicted molar refractivity (Wildman–Crippen MR) is 61.7 cm³/mol. The molecule has 0 radical (unpaired) electrons. The van der Waals surface area contributed by atoms with Crippen LogP contribution in [0.1, 0.15) is 33.2 Å². The van der Waals surface area contributed by atoms with Crippen molar-refractivity contribution in [2.45, 2.75) is 37.8 Å². The van der Waals surface area contributed by atoms with E-state index in [1.807, 2.05) is 0 Å². The Balaban J connectivity index is 2.01. The summed E-state index contributed by atoms with van der Waals surface area (Å²) in [7, 11) is 0. The number of hydrogen-bond donors (Lipinski definition) is 1. The summed E-state index contributed by atoms with van der Waals surface area (Å²) in [6.45, 7) is 1.79. The van der Waals surface area contributed by atoms with E-state index in [0.717, 1.165) is 31.5 Å². The van der Waals surface area contributed by atoms with Crippen LogP contribution in [0.4, 0.5) is 13.2 Å². The molecule has 0 saturated heterocycles. The van der Waals surface area contributed by atoms with Gasteiger partial charge in [-0.2, -0.15) is 13.2 Å².